The molecule has 1 aliphatic carbocycles. The Labute approximate surface area is 139 Å². The molecule has 0 bridgehead atoms. The lowest BCUT2D eigenvalue weighted by atomic mass is 10.1. The summed E-state index contributed by atoms with van der Waals surface area (Å²) in [4.78, 5) is 25.8. The number of hydrogen-bond donors (Lipinski definition) is 1. The van der Waals surface area contributed by atoms with Crippen LogP contribution in [0.15, 0.2) is 41.0 Å². The van der Waals surface area contributed by atoms with Gasteiger partial charge in [-0.1, -0.05) is 6.07 Å². The molecule has 2 fully saturated rings. The van der Waals surface area contributed by atoms with Gasteiger partial charge in [0.25, 0.3) is 0 Å². The summed E-state index contributed by atoms with van der Waals surface area (Å²) in [5.74, 6) is 0.950. The highest BCUT2D eigenvalue weighted by molar-refractivity contribution is 5.97. The number of carbonyl (C=O) groups excluding carboxylic acids is 2. The van der Waals surface area contributed by atoms with Crippen LogP contribution in [0.5, 0.6) is 0 Å². The number of benzene rings is 1. The summed E-state index contributed by atoms with van der Waals surface area (Å²) < 4.78 is 10.4. The first-order valence-electron chi connectivity index (χ1n) is 8.02. The number of furan rings is 1. The van der Waals surface area contributed by atoms with Gasteiger partial charge >= 0.3 is 6.09 Å². The summed E-state index contributed by atoms with van der Waals surface area (Å²) in [5, 5.41) is 2.94. The van der Waals surface area contributed by atoms with Crippen LogP contribution in [0.1, 0.15) is 23.7 Å². The fourth-order valence-electron chi connectivity index (χ4n) is 3.13. The number of amides is 2. The van der Waals surface area contributed by atoms with E-state index in [-0.39, 0.29) is 23.8 Å². The maximum Gasteiger partial charge on any atom is 0.414 e. The molecule has 1 aromatic carbocycles. The molecule has 2 amide bonds. The molecule has 0 unspecified atom stereocenters. The van der Waals surface area contributed by atoms with Crippen LogP contribution in [0.3, 0.4) is 0 Å². The highest BCUT2D eigenvalue weighted by Gasteiger charge is 2.45. The summed E-state index contributed by atoms with van der Waals surface area (Å²) in [5.41, 5.74) is 2.42. The van der Waals surface area contributed by atoms with Crippen molar-refractivity contribution < 1.29 is 18.7 Å². The second kappa shape index (κ2) is 5.70. The Morgan fingerprint density at radius 2 is 2.21 bits per heavy atom. The van der Waals surface area contributed by atoms with Crippen molar-refractivity contribution in [3.8, 4) is 0 Å². The number of hydrogen-bond acceptors (Lipinski definition) is 4. The van der Waals surface area contributed by atoms with E-state index in [0.717, 1.165) is 23.4 Å². The number of carbonyl (C=O) groups is 2. The van der Waals surface area contributed by atoms with Gasteiger partial charge in [0.2, 0.25) is 5.91 Å². The number of cyclic esters (lactones) is 1. The molecule has 0 spiro atoms. The van der Waals surface area contributed by atoms with Crippen molar-refractivity contribution in [3.63, 3.8) is 0 Å². The number of rotatable bonds is 4. The Bertz CT molecular complexity index is 784. The predicted octanol–water partition coefficient (Wildman–Crippen LogP) is 3.29. The van der Waals surface area contributed by atoms with Crippen LogP contribution in [-0.2, 0) is 9.53 Å². The SMILES string of the molecule is Cc1ccc(NC(=O)[C@@H]2C[C@H]2c2ccco2)cc1N1CCOC1=O. The third-order valence-electron chi connectivity index (χ3n) is 4.56. The molecule has 24 heavy (non-hydrogen) atoms. The lowest BCUT2D eigenvalue weighted by molar-refractivity contribution is -0.117. The molecule has 124 valence electrons. The standard InChI is InChI=1S/C18H18N2O4/c1-11-4-5-12(9-15(11)20-6-8-24-18(20)22)19-17(21)14-10-13(14)16-3-2-7-23-16/h2-5,7,9,13-14H,6,8,10H2,1H3,(H,19,21)/t13-,14-/m1/s1. The third kappa shape index (κ3) is 2.64. The van der Waals surface area contributed by atoms with Crippen LogP contribution in [0.25, 0.3) is 0 Å². The topological polar surface area (TPSA) is 71.8 Å². The van der Waals surface area contributed by atoms with Gasteiger partial charge in [0.05, 0.1) is 18.5 Å². The first-order valence-corrected chi connectivity index (χ1v) is 8.02. The minimum absolute atomic E-state index is 0.0183. The van der Waals surface area contributed by atoms with Crippen molar-refractivity contribution in [1.82, 2.24) is 0 Å². The van der Waals surface area contributed by atoms with E-state index in [1.807, 2.05) is 37.3 Å². The number of nitrogens with zero attached hydrogens (tertiary/aromatic N) is 1. The zero-order chi connectivity index (χ0) is 16.7. The molecule has 6 heteroatoms. The van der Waals surface area contributed by atoms with Gasteiger partial charge in [0, 0.05) is 17.5 Å². The summed E-state index contributed by atoms with van der Waals surface area (Å²) in [6.45, 7) is 2.85. The average molecular weight is 326 g/mol. The van der Waals surface area contributed by atoms with Gasteiger partial charge in [-0.2, -0.15) is 0 Å². The Balaban J connectivity index is 1.47. The molecule has 1 aromatic heterocycles. The van der Waals surface area contributed by atoms with Crippen molar-refractivity contribution >= 4 is 23.4 Å². The second-order valence-corrected chi connectivity index (χ2v) is 6.22. The Morgan fingerprint density at radius 3 is 2.92 bits per heavy atom. The number of anilines is 2. The van der Waals surface area contributed by atoms with Gasteiger partial charge in [-0.25, -0.2) is 4.79 Å². The minimum Gasteiger partial charge on any atom is -0.469 e. The Kier molecular flexibility index (Phi) is 3.52. The highest BCUT2D eigenvalue weighted by atomic mass is 16.6. The molecule has 1 N–H and O–H groups in total. The van der Waals surface area contributed by atoms with Gasteiger partial charge in [-0.3, -0.25) is 9.69 Å². The molecule has 4 rings (SSSR count). The molecule has 2 atom stereocenters. The van der Waals surface area contributed by atoms with E-state index in [2.05, 4.69) is 5.32 Å². The zero-order valence-electron chi connectivity index (χ0n) is 13.3. The van der Waals surface area contributed by atoms with Crippen LogP contribution >= 0.6 is 0 Å². The molecule has 1 saturated heterocycles. The van der Waals surface area contributed by atoms with Crippen LogP contribution in [0, 0.1) is 12.8 Å². The highest BCUT2D eigenvalue weighted by Crippen LogP contribution is 2.48. The van der Waals surface area contributed by atoms with E-state index >= 15 is 0 Å². The third-order valence-corrected chi connectivity index (χ3v) is 4.56. The van der Waals surface area contributed by atoms with Crippen LogP contribution < -0.4 is 10.2 Å². The summed E-state index contributed by atoms with van der Waals surface area (Å²) >= 11 is 0. The molecule has 2 heterocycles. The largest absolute Gasteiger partial charge is 0.469 e. The Hall–Kier alpha value is -2.76. The van der Waals surface area contributed by atoms with E-state index < -0.39 is 0 Å². The average Bonchev–Trinajstić information content (AvgIpc) is 2.97. The van der Waals surface area contributed by atoms with Crippen LogP contribution in [0.4, 0.5) is 16.2 Å². The maximum absolute atomic E-state index is 12.4. The van der Waals surface area contributed by atoms with Gasteiger partial charge in [0.15, 0.2) is 0 Å². The van der Waals surface area contributed by atoms with E-state index in [0.29, 0.717) is 18.8 Å². The second-order valence-electron chi connectivity index (χ2n) is 6.22. The van der Waals surface area contributed by atoms with E-state index in [1.54, 1.807) is 11.2 Å². The van der Waals surface area contributed by atoms with Crippen LogP contribution in [0.2, 0.25) is 0 Å². The van der Waals surface area contributed by atoms with E-state index in [4.69, 9.17) is 9.15 Å². The van der Waals surface area contributed by atoms with Gasteiger partial charge in [0.1, 0.15) is 12.4 Å². The molecular formula is C18H18N2O4. The molecule has 1 aliphatic heterocycles. The van der Waals surface area contributed by atoms with Gasteiger partial charge in [-0.05, 0) is 43.2 Å². The number of nitrogens with one attached hydrogen (secondary N) is 1. The number of aryl methyl sites for hydroxylation is 1. The molecule has 2 aromatic rings. The normalized spacial score (nSPS) is 22.4. The molecule has 1 saturated carbocycles. The first kappa shape index (κ1) is 14.8. The van der Waals surface area contributed by atoms with Crippen molar-refractivity contribution in [2.24, 2.45) is 5.92 Å². The van der Waals surface area contributed by atoms with Crippen LogP contribution in [-0.4, -0.2) is 25.2 Å². The quantitative estimate of drug-likeness (QED) is 0.936. The van der Waals surface area contributed by atoms with E-state index in [1.165, 1.54) is 0 Å². The molecule has 0 radical (unpaired) electrons. The first-order chi connectivity index (χ1) is 11.6. The lowest BCUT2D eigenvalue weighted by Crippen LogP contribution is -2.24. The molecule has 2 aliphatic rings. The predicted molar refractivity (Wildman–Crippen MR) is 88.1 cm³/mol. The monoisotopic (exact) mass is 326 g/mol. The van der Waals surface area contributed by atoms with Crippen molar-refractivity contribution in [2.75, 3.05) is 23.4 Å². The minimum atomic E-state index is -0.346. The van der Waals surface area contributed by atoms with Gasteiger partial charge in [-0.15, -0.1) is 0 Å². The van der Waals surface area contributed by atoms with Crippen molar-refractivity contribution in [2.45, 2.75) is 19.3 Å². The zero-order valence-corrected chi connectivity index (χ0v) is 13.3. The lowest BCUT2D eigenvalue weighted by Gasteiger charge is -2.17. The summed E-state index contributed by atoms with van der Waals surface area (Å²) in [6, 6.07) is 9.31. The van der Waals surface area contributed by atoms with Crippen molar-refractivity contribution in [1.29, 1.82) is 0 Å². The Morgan fingerprint density at radius 1 is 1.33 bits per heavy atom. The van der Waals surface area contributed by atoms with E-state index in [9.17, 15) is 9.59 Å². The summed E-state index contributed by atoms with van der Waals surface area (Å²) in [7, 11) is 0. The smallest absolute Gasteiger partial charge is 0.414 e. The van der Waals surface area contributed by atoms with Crippen molar-refractivity contribution in [3.05, 3.63) is 47.9 Å². The fraction of sp³-hybridized carbons (Fsp3) is 0.333. The molecule has 6 nitrogen and oxygen atoms in total. The van der Waals surface area contributed by atoms with Gasteiger partial charge < -0.3 is 14.5 Å². The number of ether oxygens (including phenoxy) is 1. The maximum atomic E-state index is 12.4. The fourth-order valence-corrected chi connectivity index (χ4v) is 3.13. The molecular weight excluding hydrogens is 308 g/mol. The summed E-state index contributed by atoms with van der Waals surface area (Å²) in [6.07, 6.45) is 2.09.